The van der Waals surface area contributed by atoms with Crippen molar-refractivity contribution in [1.29, 1.82) is 0 Å². The monoisotopic (exact) mass is 238 g/mol. The van der Waals surface area contributed by atoms with Crippen molar-refractivity contribution in [2.24, 2.45) is 0 Å². The van der Waals surface area contributed by atoms with Crippen molar-refractivity contribution in [2.75, 3.05) is 13.6 Å². The second-order valence-electron chi connectivity index (χ2n) is 6.20. The number of nitrogens with one attached hydrogen (secondary N) is 1. The van der Waals surface area contributed by atoms with E-state index < -0.39 is 0 Å². The van der Waals surface area contributed by atoms with E-state index in [9.17, 15) is 0 Å². The molecule has 0 aromatic rings. The first kappa shape index (κ1) is 13.4. The van der Waals surface area contributed by atoms with Crippen LogP contribution >= 0.6 is 0 Å². The predicted octanol–water partition coefficient (Wildman–Crippen LogP) is 3.17. The molecule has 0 spiro atoms. The van der Waals surface area contributed by atoms with Gasteiger partial charge in [-0.1, -0.05) is 32.1 Å². The third-order valence-electron chi connectivity index (χ3n) is 4.63. The van der Waals surface area contributed by atoms with Crippen LogP contribution < -0.4 is 5.32 Å². The van der Waals surface area contributed by atoms with Gasteiger partial charge in [-0.25, -0.2) is 0 Å². The summed E-state index contributed by atoms with van der Waals surface area (Å²) < 4.78 is 0. The van der Waals surface area contributed by atoms with E-state index in [4.69, 9.17) is 0 Å². The number of likely N-dealkylation sites (N-methyl/N-ethyl adjacent to an activating group) is 1. The molecule has 0 bridgehead atoms. The molecule has 2 saturated carbocycles. The molecular weight excluding hydrogens is 208 g/mol. The summed E-state index contributed by atoms with van der Waals surface area (Å²) in [4.78, 5) is 2.57. The second-order valence-corrected chi connectivity index (χ2v) is 6.20. The maximum absolute atomic E-state index is 3.81. The molecule has 1 atom stereocenters. The molecule has 2 heteroatoms. The average Bonchev–Trinajstić information content (AvgIpc) is 3.10. The van der Waals surface area contributed by atoms with E-state index in [1.165, 1.54) is 64.3 Å². The molecule has 0 radical (unpaired) electrons. The van der Waals surface area contributed by atoms with E-state index in [0.717, 1.165) is 12.1 Å². The molecule has 2 aliphatic carbocycles. The molecule has 1 N–H and O–H groups in total. The molecule has 0 saturated heterocycles. The number of hydrogen-bond donors (Lipinski definition) is 1. The Hall–Kier alpha value is -0.0800. The number of rotatable bonds is 5. The Morgan fingerprint density at radius 1 is 1.00 bits per heavy atom. The van der Waals surface area contributed by atoms with E-state index >= 15 is 0 Å². The van der Waals surface area contributed by atoms with E-state index in [0.29, 0.717) is 6.04 Å². The largest absolute Gasteiger partial charge is 0.312 e. The molecule has 2 nitrogen and oxygen atoms in total. The molecule has 2 fully saturated rings. The maximum atomic E-state index is 3.81. The van der Waals surface area contributed by atoms with Crippen molar-refractivity contribution in [3.63, 3.8) is 0 Å². The SMILES string of the molecule is CC(CNC1CCCCCCC1)N(C)C1CC1. The molecule has 17 heavy (non-hydrogen) atoms. The van der Waals surface area contributed by atoms with Crippen molar-refractivity contribution in [2.45, 2.75) is 82.8 Å². The minimum atomic E-state index is 0.702. The van der Waals surface area contributed by atoms with Crippen molar-refractivity contribution in [3.8, 4) is 0 Å². The van der Waals surface area contributed by atoms with Gasteiger partial charge in [0.15, 0.2) is 0 Å². The van der Waals surface area contributed by atoms with Crippen molar-refractivity contribution in [1.82, 2.24) is 10.2 Å². The summed E-state index contributed by atoms with van der Waals surface area (Å²) >= 11 is 0. The van der Waals surface area contributed by atoms with Gasteiger partial charge in [0.25, 0.3) is 0 Å². The lowest BCUT2D eigenvalue weighted by Crippen LogP contribution is -2.42. The Morgan fingerprint density at radius 2 is 1.59 bits per heavy atom. The van der Waals surface area contributed by atoms with Crippen LogP contribution in [0.15, 0.2) is 0 Å². The van der Waals surface area contributed by atoms with Crippen LogP contribution in [0.3, 0.4) is 0 Å². The fourth-order valence-corrected chi connectivity index (χ4v) is 2.98. The molecule has 0 heterocycles. The maximum Gasteiger partial charge on any atom is 0.0192 e. The molecule has 2 aliphatic rings. The van der Waals surface area contributed by atoms with Crippen molar-refractivity contribution < 1.29 is 0 Å². The van der Waals surface area contributed by atoms with Crippen LogP contribution in [0.5, 0.6) is 0 Å². The molecule has 2 rings (SSSR count). The average molecular weight is 238 g/mol. The normalized spacial score (nSPS) is 25.6. The van der Waals surface area contributed by atoms with Gasteiger partial charge in [0.2, 0.25) is 0 Å². The minimum Gasteiger partial charge on any atom is -0.312 e. The van der Waals surface area contributed by atoms with Crippen LogP contribution in [-0.2, 0) is 0 Å². The van der Waals surface area contributed by atoms with Gasteiger partial charge in [-0.15, -0.1) is 0 Å². The van der Waals surface area contributed by atoms with Gasteiger partial charge in [0, 0.05) is 24.7 Å². The van der Waals surface area contributed by atoms with Crippen LogP contribution in [-0.4, -0.2) is 36.6 Å². The Balaban J connectivity index is 1.64. The van der Waals surface area contributed by atoms with Crippen LogP contribution in [0.2, 0.25) is 0 Å². The molecule has 0 aliphatic heterocycles. The Kier molecular flexibility index (Phi) is 5.30. The quantitative estimate of drug-likeness (QED) is 0.791. The first-order chi connectivity index (χ1) is 8.27. The molecule has 1 unspecified atom stereocenters. The highest BCUT2D eigenvalue weighted by Gasteiger charge is 2.29. The first-order valence-corrected chi connectivity index (χ1v) is 7.72. The molecule has 100 valence electrons. The van der Waals surface area contributed by atoms with Crippen molar-refractivity contribution in [3.05, 3.63) is 0 Å². The third-order valence-corrected chi connectivity index (χ3v) is 4.63. The summed E-state index contributed by atoms with van der Waals surface area (Å²) in [5.74, 6) is 0. The van der Waals surface area contributed by atoms with Gasteiger partial charge in [0.1, 0.15) is 0 Å². The Bertz CT molecular complexity index is 205. The van der Waals surface area contributed by atoms with Crippen molar-refractivity contribution >= 4 is 0 Å². The smallest absolute Gasteiger partial charge is 0.0192 e. The van der Waals surface area contributed by atoms with E-state index in [2.05, 4.69) is 24.2 Å². The second kappa shape index (κ2) is 6.75. The van der Waals surface area contributed by atoms with Gasteiger partial charge in [-0.3, -0.25) is 4.90 Å². The lowest BCUT2D eigenvalue weighted by atomic mass is 9.96. The Morgan fingerprint density at radius 3 is 2.18 bits per heavy atom. The van der Waals surface area contributed by atoms with Crippen LogP contribution in [0, 0.1) is 0 Å². The number of nitrogens with zero attached hydrogens (tertiary/aromatic N) is 1. The lowest BCUT2D eigenvalue weighted by Gasteiger charge is -2.28. The topological polar surface area (TPSA) is 15.3 Å². The number of hydrogen-bond acceptors (Lipinski definition) is 2. The molecule has 0 aromatic heterocycles. The summed E-state index contributed by atoms with van der Waals surface area (Å²) in [6, 6.07) is 2.39. The summed E-state index contributed by atoms with van der Waals surface area (Å²) in [5.41, 5.74) is 0. The summed E-state index contributed by atoms with van der Waals surface area (Å²) in [7, 11) is 2.29. The van der Waals surface area contributed by atoms with Gasteiger partial charge in [-0.2, -0.15) is 0 Å². The van der Waals surface area contributed by atoms with E-state index in [1.54, 1.807) is 0 Å². The lowest BCUT2D eigenvalue weighted by molar-refractivity contribution is 0.230. The third kappa shape index (κ3) is 4.59. The standard InChI is InChI=1S/C15H30N2/c1-13(17(2)15-10-11-15)12-16-14-8-6-4-3-5-7-9-14/h13-16H,3-12H2,1-2H3. The molecule has 0 aromatic carbocycles. The van der Waals surface area contributed by atoms with Crippen LogP contribution in [0.1, 0.15) is 64.7 Å². The summed E-state index contributed by atoms with van der Waals surface area (Å²) in [5, 5.41) is 3.81. The molecule has 0 amide bonds. The predicted molar refractivity (Wildman–Crippen MR) is 74.4 cm³/mol. The summed E-state index contributed by atoms with van der Waals surface area (Å²) in [6.07, 6.45) is 12.9. The highest BCUT2D eigenvalue weighted by molar-refractivity contribution is 4.86. The highest BCUT2D eigenvalue weighted by Crippen LogP contribution is 2.26. The van der Waals surface area contributed by atoms with Crippen LogP contribution in [0.4, 0.5) is 0 Å². The zero-order chi connectivity index (χ0) is 12.1. The minimum absolute atomic E-state index is 0.702. The zero-order valence-electron chi connectivity index (χ0n) is 11.8. The van der Waals surface area contributed by atoms with E-state index in [-0.39, 0.29) is 0 Å². The van der Waals surface area contributed by atoms with Crippen LogP contribution in [0.25, 0.3) is 0 Å². The first-order valence-electron chi connectivity index (χ1n) is 7.72. The fourth-order valence-electron chi connectivity index (χ4n) is 2.98. The van der Waals surface area contributed by atoms with Gasteiger partial charge in [0.05, 0.1) is 0 Å². The van der Waals surface area contributed by atoms with Gasteiger partial charge in [-0.05, 0) is 39.7 Å². The van der Waals surface area contributed by atoms with Gasteiger partial charge >= 0.3 is 0 Å². The molecular formula is C15H30N2. The van der Waals surface area contributed by atoms with E-state index in [1.807, 2.05) is 0 Å². The van der Waals surface area contributed by atoms with Gasteiger partial charge < -0.3 is 5.32 Å². The fraction of sp³-hybridized carbons (Fsp3) is 1.00. The zero-order valence-corrected chi connectivity index (χ0v) is 11.8. The Labute approximate surface area is 107 Å². The summed E-state index contributed by atoms with van der Waals surface area (Å²) in [6.45, 7) is 3.55. The highest BCUT2D eigenvalue weighted by atomic mass is 15.2.